The number of hydrogen-bond acceptors (Lipinski definition) is 3. The molecule has 0 saturated heterocycles. The van der Waals surface area contributed by atoms with Crippen LogP contribution in [0.2, 0.25) is 0 Å². The van der Waals surface area contributed by atoms with Gasteiger partial charge in [0.05, 0.1) is 6.04 Å². The zero-order chi connectivity index (χ0) is 15.1. The quantitative estimate of drug-likeness (QED) is 0.694. The van der Waals surface area contributed by atoms with E-state index < -0.39 is 18.0 Å². The highest BCUT2D eigenvalue weighted by atomic mass is 35.5. The maximum atomic E-state index is 12.0. The first-order valence-corrected chi connectivity index (χ1v) is 6.79. The fourth-order valence-corrected chi connectivity index (χ4v) is 1.96. The standard InChI is InChI=1S/C15H23N3O2.2ClH/c1-10(2)8-13(14(17)19)18-15(20)12(16)9-11-6-4-3-5-7-11;;/h3-7,10,12-13H,8-9,16H2,1-2H3,(H2,17,19)(H,18,20);2*1H/t12-,13-;;/m1../s1. The van der Waals surface area contributed by atoms with Gasteiger partial charge in [-0.05, 0) is 24.3 Å². The summed E-state index contributed by atoms with van der Waals surface area (Å²) in [5.41, 5.74) is 12.1. The largest absolute Gasteiger partial charge is 0.368 e. The van der Waals surface area contributed by atoms with Crippen molar-refractivity contribution in [1.82, 2.24) is 5.32 Å². The molecule has 0 aliphatic rings. The lowest BCUT2D eigenvalue weighted by Crippen LogP contribution is -2.51. The summed E-state index contributed by atoms with van der Waals surface area (Å²) < 4.78 is 0. The summed E-state index contributed by atoms with van der Waals surface area (Å²) in [5, 5.41) is 2.63. The second-order valence-corrected chi connectivity index (χ2v) is 5.39. The lowest BCUT2D eigenvalue weighted by atomic mass is 10.0. The lowest BCUT2D eigenvalue weighted by Gasteiger charge is -2.20. The van der Waals surface area contributed by atoms with Crippen LogP contribution >= 0.6 is 24.8 Å². The normalized spacial score (nSPS) is 12.5. The molecule has 0 spiro atoms. The summed E-state index contributed by atoms with van der Waals surface area (Å²) >= 11 is 0. The number of amides is 2. The van der Waals surface area contributed by atoms with Crippen molar-refractivity contribution in [2.75, 3.05) is 0 Å². The summed E-state index contributed by atoms with van der Waals surface area (Å²) in [6, 6.07) is 8.16. The smallest absolute Gasteiger partial charge is 0.240 e. The molecule has 1 aromatic carbocycles. The zero-order valence-corrected chi connectivity index (χ0v) is 14.5. The third-order valence-electron chi connectivity index (χ3n) is 3.00. The molecule has 0 aromatic heterocycles. The van der Waals surface area contributed by atoms with E-state index in [2.05, 4.69) is 5.32 Å². The van der Waals surface area contributed by atoms with Gasteiger partial charge in [-0.25, -0.2) is 0 Å². The number of nitrogens with two attached hydrogens (primary N) is 2. The van der Waals surface area contributed by atoms with E-state index in [-0.39, 0.29) is 36.6 Å². The molecule has 0 unspecified atom stereocenters. The van der Waals surface area contributed by atoms with Crippen LogP contribution in [0.15, 0.2) is 30.3 Å². The van der Waals surface area contributed by atoms with E-state index in [0.29, 0.717) is 12.8 Å². The van der Waals surface area contributed by atoms with Gasteiger partial charge in [0, 0.05) is 0 Å². The second-order valence-electron chi connectivity index (χ2n) is 5.39. The molecule has 0 saturated carbocycles. The van der Waals surface area contributed by atoms with Gasteiger partial charge in [0.25, 0.3) is 0 Å². The highest BCUT2D eigenvalue weighted by Crippen LogP contribution is 2.06. The molecular formula is C15H25Cl2N3O2. The first-order valence-electron chi connectivity index (χ1n) is 6.79. The van der Waals surface area contributed by atoms with Crippen molar-refractivity contribution >= 4 is 36.6 Å². The van der Waals surface area contributed by atoms with E-state index in [4.69, 9.17) is 11.5 Å². The Kier molecular flexibility index (Phi) is 11.8. The number of benzene rings is 1. The molecule has 0 bridgehead atoms. The zero-order valence-electron chi connectivity index (χ0n) is 12.8. The van der Waals surface area contributed by atoms with Gasteiger partial charge in [0.15, 0.2) is 0 Å². The maximum absolute atomic E-state index is 12.0. The topological polar surface area (TPSA) is 98.2 Å². The van der Waals surface area contributed by atoms with Gasteiger partial charge in [-0.1, -0.05) is 44.2 Å². The van der Waals surface area contributed by atoms with Gasteiger partial charge in [-0.3, -0.25) is 9.59 Å². The van der Waals surface area contributed by atoms with Gasteiger partial charge >= 0.3 is 0 Å². The van der Waals surface area contributed by atoms with E-state index in [1.54, 1.807) is 0 Å². The van der Waals surface area contributed by atoms with Crippen molar-refractivity contribution in [3.05, 3.63) is 35.9 Å². The summed E-state index contributed by atoms with van der Waals surface area (Å²) in [6.07, 6.45) is 0.943. The summed E-state index contributed by atoms with van der Waals surface area (Å²) in [5.74, 6) is -0.615. The molecule has 5 N–H and O–H groups in total. The minimum atomic E-state index is -0.689. The van der Waals surface area contributed by atoms with Crippen molar-refractivity contribution < 1.29 is 9.59 Å². The van der Waals surface area contributed by atoms with Gasteiger partial charge < -0.3 is 16.8 Å². The van der Waals surface area contributed by atoms with Crippen LogP contribution in [0, 0.1) is 5.92 Å². The number of carbonyl (C=O) groups excluding carboxylic acids is 2. The Bertz CT molecular complexity index is 455. The molecule has 5 nitrogen and oxygen atoms in total. The molecule has 0 aliphatic carbocycles. The third kappa shape index (κ3) is 8.22. The Morgan fingerprint density at radius 2 is 1.68 bits per heavy atom. The summed E-state index contributed by atoms with van der Waals surface area (Å²) in [7, 11) is 0. The fourth-order valence-electron chi connectivity index (χ4n) is 1.96. The van der Waals surface area contributed by atoms with Crippen LogP contribution in [0.4, 0.5) is 0 Å². The molecule has 2 amide bonds. The lowest BCUT2D eigenvalue weighted by molar-refractivity contribution is -0.128. The number of rotatable bonds is 7. The van der Waals surface area contributed by atoms with Crippen molar-refractivity contribution in [2.45, 2.75) is 38.8 Å². The van der Waals surface area contributed by atoms with Gasteiger partial charge in [0.2, 0.25) is 11.8 Å². The van der Waals surface area contributed by atoms with Crippen LogP contribution in [-0.4, -0.2) is 23.9 Å². The van der Waals surface area contributed by atoms with E-state index in [1.165, 1.54) is 0 Å². The SMILES string of the molecule is CC(C)C[C@@H](NC(=O)[C@H](N)Cc1ccccc1)C(N)=O.Cl.Cl. The molecule has 126 valence electrons. The predicted molar refractivity (Wildman–Crippen MR) is 93.2 cm³/mol. The Hall–Kier alpha value is -1.30. The van der Waals surface area contributed by atoms with Gasteiger partial charge in [-0.15, -0.1) is 24.8 Å². The van der Waals surface area contributed by atoms with Gasteiger partial charge in [-0.2, -0.15) is 0 Å². The summed E-state index contributed by atoms with van der Waals surface area (Å²) in [6.45, 7) is 3.93. The number of nitrogens with one attached hydrogen (secondary N) is 1. The van der Waals surface area contributed by atoms with E-state index in [1.807, 2.05) is 44.2 Å². The average Bonchev–Trinajstić information content (AvgIpc) is 2.38. The van der Waals surface area contributed by atoms with Crippen molar-refractivity contribution in [2.24, 2.45) is 17.4 Å². The maximum Gasteiger partial charge on any atom is 0.240 e. The molecule has 22 heavy (non-hydrogen) atoms. The van der Waals surface area contributed by atoms with Crippen molar-refractivity contribution in [3.8, 4) is 0 Å². The molecule has 0 radical (unpaired) electrons. The fraction of sp³-hybridized carbons (Fsp3) is 0.467. The van der Waals surface area contributed by atoms with Crippen LogP contribution in [-0.2, 0) is 16.0 Å². The van der Waals surface area contributed by atoms with Crippen LogP contribution in [0.3, 0.4) is 0 Å². The van der Waals surface area contributed by atoms with E-state index in [0.717, 1.165) is 5.56 Å². The molecule has 0 fully saturated rings. The minimum Gasteiger partial charge on any atom is -0.368 e. The summed E-state index contributed by atoms with van der Waals surface area (Å²) in [4.78, 5) is 23.3. The van der Waals surface area contributed by atoms with E-state index in [9.17, 15) is 9.59 Å². The molecule has 7 heteroatoms. The third-order valence-corrected chi connectivity index (χ3v) is 3.00. The minimum absolute atomic E-state index is 0. The van der Waals surface area contributed by atoms with Crippen LogP contribution in [0.5, 0.6) is 0 Å². The Morgan fingerprint density at radius 3 is 2.14 bits per heavy atom. The number of hydrogen-bond donors (Lipinski definition) is 3. The van der Waals surface area contributed by atoms with E-state index >= 15 is 0 Å². The molecule has 1 rings (SSSR count). The first kappa shape index (κ1) is 23.0. The van der Waals surface area contributed by atoms with Gasteiger partial charge in [0.1, 0.15) is 6.04 Å². The first-order chi connectivity index (χ1) is 9.40. The Balaban J connectivity index is 0. The number of carbonyl (C=O) groups is 2. The van der Waals surface area contributed by atoms with Crippen LogP contribution < -0.4 is 16.8 Å². The molecule has 2 atom stereocenters. The molecule has 0 heterocycles. The number of primary amides is 1. The second kappa shape index (κ2) is 11.3. The van der Waals surface area contributed by atoms with Crippen molar-refractivity contribution in [3.63, 3.8) is 0 Å². The Labute approximate surface area is 144 Å². The highest BCUT2D eigenvalue weighted by Gasteiger charge is 2.22. The number of halogens is 2. The van der Waals surface area contributed by atoms with Crippen LogP contribution in [0.25, 0.3) is 0 Å². The molecule has 0 aliphatic heterocycles. The van der Waals surface area contributed by atoms with Crippen LogP contribution in [0.1, 0.15) is 25.8 Å². The average molecular weight is 350 g/mol. The predicted octanol–water partition coefficient (Wildman–Crippen LogP) is 1.42. The molecular weight excluding hydrogens is 325 g/mol. The Morgan fingerprint density at radius 1 is 1.14 bits per heavy atom. The van der Waals surface area contributed by atoms with Crippen molar-refractivity contribution in [1.29, 1.82) is 0 Å². The monoisotopic (exact) mass is 349 g/mol. The highest BCUT2D eigenvalue weighted by molar-refractivity contribution is 5.89. The molecule has 1 aromatic rings.